The molecule has 1 unspecified atom stereocenters. The third-order valence-corrected chi connectivity index (χ3v) is 3.31. The maximum absolute atomic E-state index is 11.5. The van der Waals surface area contributed by atoms with Crippen LogP contribution in [-0.4, -0.2) is 35.2 Å². The third kappa shape index (κ3) is 5.71. The Balaban J connectivity index is 1.61. The van der Waals surface area contributed by atoms with Gasteiger partial charge in [-0.3, -0.25) is 4.79 Å². The molecule has 0 saturated heterocycles. The minimum absolute atomic E-state index is 0.0531. The lowest BCUT2D eigenvalue weighted by Gasteiger charge is -2.07. The summed E-state index contributed by atoms with van der Waals surface area (Å²) >= 11 is 0. The van der Waals surface area contributed by atoms with Crippen molar-refractivity contribution in [2.45, 2.75) is 58.0 Å². The van der Waals surface area contributed by atoms with Gasteiger partial charge in [0.25, 0.3) is 0 Å². The van der Waals surface area contributed by atoms with E-state index in [1.54, 1.807) is 0 Å². The quantitative estimate of drug-likeness (QED) is 0.568. The second kappa shape index (κ2) is 7.97. The van der Waals surface area contributed by atoms with Crippen molar-refractivity contribution in [3.05, 3.63) is 5.89 Å². The van der Waals surface area contributed by atoms with E-state index >= 15 is 0 Å². The van der Waals surface area contributed by atoms with E-state index in [0.29, 0.717) is 30.9 Å². The Morgan fingerprint density at radius 1 is 1.38 bits per heavy atom. The van der Waals surface area contributed by atoms with Crippen LogP contribution in [0.25, 0.3) is 0 Å². The lowest BCUT2D eigenvalue weighted by molar-refractivity contribution is -0.121. The molecule has 1 aliphatic carbocycles. The zero-order valence-corrected chi connectivity index (χ0v) is 12.8. The van der Waals surface area contributed by atoms with Gasteiger partial charge in [-0.25, -0.2) is 0 Å². The van der Waals surface area contributed by atoms with Crippen LogP contribution in [0.5, 0.6) is 0 Å². The number of hydrogen-bond acceptors (Lipinski definition) is 6. The van der Waals surface area contributed by atoms with Gasteiger partial charge in [-0.15, -0.1) is 5.10 Å². The van der Waals surface area contributed by atoms with E-state index in [1.165, 1.54) is 0 Å². The first-order chi connectivity index (χ1) is 10.2. The number of carbonyl (C=O) groups is 1. The van der Waals surface area contributed by atoms with Crippen molar-refractivity contribution in [3.8, 4) is 0 Å². The molecule has 1 fully saturated rings. The summed E-state index contributed by atoms with van der Waals surface area (Å²) < 4.78 is 5.53. The molecule has 0 aromatic carbocycles. The summed E-state index contributed by atoms with van der Waals surface area (Å²) in [7, 11) is 0. The zero-order valence-electron chi connectivity index (χ0n) is 12.8. The predicted molar refractivity (Wildman–Crippen MR) is 79.9 cm³/mol. The van der Waals surface area contributed by atoms with Gasteiger partial charge in [0.05, 0.1) is 6.04 Å². The highest BCUT2D eigenvalue weighted by molar-refractivity contribution is 5.76. The Bertz CT molecular complexity index is 444. The summed E-state index contributed by atoms with van der Waals surface area (Å²) in [6, 6.07) is 0.899. The number of carbonyl (C=O) groups excluding carboxylic acids is 1. The Hall–Kier alpha value is -1.63. The van der Waals surface area contributed by atoms with Gasteiger partial charge in [0, 0.05) is 19.0 Å². The third-order valence-electron chi connectivity index (χ3n) is 3.31. The first-order valence-electron chi connectivity index (χ1n) is 7.79. The molecular formula is C14H25N5O2. The van der Waals surface area contributed by atoms with Crippen LogP contribution in [0, 0.1) is 0 Å². The van der Waals surface area contributed by atoms with Gasteiger partial charge in [0.15, 0.2) is 0 Å². The molecule has 0 spiro atoms. The summed E-state index contributed by atoms with van der Waals surface area (Å²) in [5.41, 5.74) is 0. The monoisotopic (exact) mass is 295 g/mol. The molecule has 0 bridgehead atoms. The predicted octanol–water partition coefficient (Wildman–Crippen LogP) is 1.60. The molecule has 0 radical (unpaired) electrons. The van der Waals surface area contributed by atoms with Crippen LogP contribution in [-0.2, 0) is 4.79 Å². The van der Waals surface area contributed by atoms with E-state index in [9.17, 15) is 4.79 Å². The lowest BCUT2D eigenvalue weighted by atomic mass is 10.3. The second-order valence-electron chi connectivity index (χ2n) is 5.49. The van der Waals surface area contributed by atoms with Gasteiger partial charge in [-0.2, -0.15) is 0 Å². The van der Waals surface area contributed by atoms with Crippen molar-refractivity contribution < 1.29 is 9.21 Å². The summed E-state index contributed by atoms with van der Waals surface area (Å²) in [5, 5.41) is 17.3. The number of hydrogen-bond donors (Lipinski definition) is 3. The summed E-state index contributed by atoms with van der Waals surface area (Å²) in [5.74, 6) is 0.709. The minimum atomic E-state index is 0.0531. The van der Waals surface area contributed by atoms with Crippen LogP contribution < -0.4 is 16.0 Å². The molecule has 21 heavy (non-hydrogen) atoms. The standard InChI is InChI=1S/C14H25N5O2/c1-3-8-15-10(2)13-18-19-14(21-13)16-9-4-5-12(20)17-11-6-7-11/h10-11,15H,3-9H2,1-2H3,(H,16,19)(H,17,20). The number of aromatic nitrogens is 2. The van der Waals surface area contributed by atoms with E-state index in [0.717, 1.165) is 32.2 Å². The molecule has 1 aromatic heterocycles. The average molecular weight is 295 g/mol. The zero-order chi connectivity index (χ0) is 15.1. The highest BCUT2D eigenvalue weighted by Gasteiger charge is 2.22. The van der Waals surface area contributed by atoms with Crippen molar-refractivity contribution in [3.63, 3.8) is 0 Å². The second-order valence-corrected chi connectivity index (χ2v) is 5.49. The van der Waals surface area contributed by atoms with Gasteiger partial charge in [-0.1, -0.05) is 12.0 Å². The van der Waals surface area contributed by atoms with Crippen LogP contribution >= 0.6 is 0 Å². The van der Waals surface area contributed by atoms with Gasteiger partial charge in [0.2, 0.25) is 11.8 Å². The molecule has 1 aliphatic rings. The average Bonchev–Trinajstić information content (AvgIpc) is 3.15. The van der Waals surface area contributed by atoms with E-state index in [1.807, 2.05) is 6.92 Å². The van der Waals surface area contributed by atoms with Crippen molar-refractivity contribution >= 4 is 11.9 Å². The fraction of sp³-hybridized carbons (Fsp3) is 0.786. The van der Waals surface area contributed by atoms with Crippen molar-refractivity contribution in [1.29, 1.82) is 0 Å². The number of anilines is 1. The normalized spacial score (nSPS) is 15.7. The molecule has 1 heterocycles. The van der Waals surface area contributed by atoms with Gasteiger partial charge in [-0.05, 0) is 39.2 Å². The van der Waals surface area contributed by atoms with E-state index < -0.39 is 0 Å². The minimum Gasteiger partial charge on any atom is -0.406 e. The number of rotatable bonds is 10. The lowest BCUT2D eigenvalue weighted by Crippen LogP contribution is -2.25. The Labute approximate surface area is 125 Å². The molecular weight excluding hydrogens is 270 g/mol. The molecule has 1 aromatic rings. The molecule has 1 saturated carbocycles. The van der Waals surface area contributed by atoms with E-state index in [4.69, 9.17) is 4.42 Å². The van der Waals surface area contributed by atoms with Gasteiger partial charge >= 0.3 is 6.01 Å². The van der Waals surface area contributed by atoms with Crippen molar-refractivity contribution in [2.24, 2.45) is 0 Å². The fourth-order valence-corrected chi connectivity index (χ4v) is 1.90. The molecule has 1 amide bonds. The van der Waals surface area contributed by atoms with Crippen molar-refractivity contribution in [2.75, 3.05) is 18.4 Å². The summed E-state index contributed by atoms with van der Waals surface area (Å²) in [6.45, 7) is 5.67. The first kappa shape index (κ1) is 15.8. The largest absolute Gasteiger partial charge is 0.406 e. The fourth-order valence-electron chi connectivity index (χ4n) is 1.90. The van der Waals surface area contributed by atoms with Crippen LogP contribution in [0.3, 0.4) is 0 Å². The van der Waals surface area contributed by atoms with Gasteiger partial charge in [0.1, 0.15) is 0 Å². The first-order valence-corrected chi connectivity index (χ1v) is 7.79. The number of amides is 1. The van der Waals surface area contributed by atoms with Crippen LogP contribution in [0.2, 0.25) is 0 Å². The maximum Gasteiger partial charge on any atom is 0.315 e. The Kier molecular flexibility index (Phi) is 5.98. The van der Waals surface area contributed by atoms with Crippen LogP contribution in [0.15, 0.2) is 4.42 Å². The topological polar surface area (TPSA) is 92.1 Å². The molecule has 0 aliphatic heterocycles. The van der Waals surface area contributed by atoms with E-state index in [-0.39, 0.29) is 11.9 Å². The summed E-state index contributed by atoms with van der Waals surface area (Å²) in [4.78, 5) is 11.5. The molecule has 2 rings (SSSR count). The van der Waals surface area contributed by atoms with E-state index in [2.05, 4.69) is 33.1 Å². The SMILES string of the molecule is CCCNC(C)c1nnc(NCCCC(=O)NC2CC2)o1. The molecule has 1 atom stereocenters. The molecule has 7 heteroatoms. The highest BCUT2D eigenvalue weighted by atomic mass is 16.4. The molecule has 118 valence electrons. The van der Waals surface area contributed by atoms with Gasteiger partial charge < -0.3 is 20.4 Å². The van der Waals surface area contributed by atoms with Crippen LogP contribution in [0.1, 0.15) is 57.9 Å². The Morgan fingerprint density at radius 3 is 2.90 bits per heavy atom. The van der Waals surface area contributed by atoms with Crippen LogP contribution in [0.4, 0.5) is 6.01 Å². The molecule has 3 N–H and O–H groups in total. The van der Waals surface area contributed by atoms with Crippen molar-refractivity contribution in [1.82, 2.24) is 20.8 Å². The Morgan fingerprint density at radius 2 is 2.19 bits per heavy atom. The number of nitrogens with zero attached hydrogens (tertiary/aromatic N) is 2. The number of nitrogens with one attached hydrogen (secondary N) is 3. The molecule has 7 nitrogen and oxygen atoms in total. The summed E-state index contributed by atoms with van der Waals surface area (Å²) in [6.07, 6.45) is 4.59. The highest BCUT2D eigenvalue weighted by Crippen LogP contribution is 2.18. The smallest absolute Gasteiger partial charge is 0.315 e. The maximum atomic E-state index is 11.5.